The van der Waals surface area contributed by atoms with E-state index in [0.29, 0.717) is 19.5 Å². The summed E-state index contributed by atoms with van der Waals surface area (Å²) in [6.07, 6.45) is 0.324. The lowest BCUT2D eigenvalue weighted by Crippen LogP contribution is -2.34. The number of aliphatic hydroxyl groups excluding tert-OH is 1. The molecule has 0 saturated carbocycles. The molecule has 1 aliphatic rings. The van der Waals surface area contributed by atoms with Gasteiger partial charge in [0.25, 0.3) is 0 Å². The van der Waals surface area contributed by atoms with Crippen LogP contribution in [0, 0.1) is 0 Å². The van der Waals surface area contributed by atoms with Crippen LogP contribution < -0.4 is 0 Å². The number of β-amino-alcohol motifs (C(OH)–C–C–N with tert-alkyl or cyclic N) is 1. The molecule has 4 heteroatoms. The SMILES string of the molecule is C[C@@H](Cl)C(=O)N1CC[C@@H](O)C1. The van der Waals surface area contributed by atoms with E-state index in [1.54, 1.807) is 11.8 Å². The third-order valence-corrected chi connectivity index (χ3v) is 2.00. The summed E-state index contributed by atoms with van der Waals surface area (Å²) in [5.41, 5.74) is 0. The topological polar surface area (TPSA) is 40.5 Å². The summed E-state index contributed by atoms with van der Waals surface area (Å²) in [4.78, 5) is 12.8. The van der Waals surface area contributed by atoms with Gasteiger partial charge in [0, 0.05) is 13.1 Å². The maximum Gasteiger partial charge on any atom is 0.240 e. The van der Waals surface area contributed by atoms with E-state index in [1.807, 2.05) is 0 Å². The van der Waals surface area contributed by atoms with Crippen LogP contribution in [-0.4, -0.2) is 40.5 Å². The molecule has 0 spiro atoms. The number of rotatable bonds is 1. The predicted molar refractivity (Wildman–Crippen MR) is 42.5 cm³/mol. The minimum absolute atomic E-state index is 0.0804. The van der Waals surface area contributed by atoms with Crippen LogP contribution in [-0.2, 0) is 4.79 Å². The largest absolute Gasteiger partial charge is 0.391 e. The first kappa shape index (κ1) is 8.81. The molecule has 0 unspecified atom stereocenters. The van der Waals surface area contributed by atoms with Crippen molar-refractivity contribution in [2.24, 2.45) is 0 Å². The van der Waals surface area contributed by atoms with Crippen molar-refractivity contribution in [2.75, 3.05) is 13.1 Å². The molecule has 1 heterocycles. The van der Waals surface area contributed by atoms with Crippen LogP contribution in [0.2, 0.25) is 0 Å². The Morgan fingerprint density at radius 3 is 2.82 bits per heavy atom. The van der Waals surface area contributed by atoms with E-state index in [9.17, 15) is 4.79 Å². The van der Waals surface area contributed by atoms with Crippen molar-refractivity contribution in [3.05, 3.63) is 0 Å². The average molecular weight is 178 g/mol. The van der Waals surface area contributed by atoms with Gasteiger partial charge in [0.1, 0.15) is 5.38 Å². The van der Waals surface area contributed by atoms with Crippen LogP contribution >= 0.6 is 11.6 Å². The Morgan fingerprint density at radius 1 is 1.82 bits per heavy atom. The fraction of sp³-hybridized carbons (Fsp3) is 0.857. The van der Waals surface area contributed by atoms with Crippen LogP contribution in [0.15, 0.2) is 0 Å². The molecule has 0 aromatic carbocycles. The molecule has 1 amide bonds. The molecule has 2 atom stereocenters. The number of carbonyl (C=O) groups excluding carboxylic acids is 1. The molecule has 0 aliphatic carbocycles. The van der Waals surface area contributed by atoms with Gasteiger partial charge in [-0.3, -0.25) is 4.79 Å². The van der Waals surface area contributed by atoms with Crippen LogP contribution in [0.1, 0.15) is 13.3 Å². The Labute approximate surface area is 70.9 Å². The Kier molecular flexibility index (Phi) is 2.73. The molecule has 1 N–H and O–H groups in total. The number of carbonyl (C=O) groups is 1. The zero-order valence-corrected chi connectivity index (χ0v) is 7.21. The van der Waals surface area contributed by atoms with Gasteiger partial charge < -0.3 is 10.0 Å². The highest BCUT2D eigenvalue weighted by molar-refractivity contribution is 6.30. The van der Waals surface area contributed by atoms with E-state index in [1.165, 1.54) is 0 Å². The summed E-state index contributed by atoms with van der Waals surface area (Å²) in [7, 11) is 0. The summed E-state index contributed by atoms with van der Waals surface area (Å²) >= 11 is 5.58. The normalized spacial score (nSPS) is 27.2. The fourth-order valence-corrected chi connectivity index (χ4v) is 1.33. The summed E-state index contributed by atoms with van der Waals surface area (Å²) in [6, 6.07) is 0. The minimum Gasteiger partial charge on any atom is -0.391 e. The van der Waals surface area contributed by atoms with Crippen LogP contribution in [0.25, 0.3) is 0 Å². The van der Waals surface area contributed by atoms with Gasteiger partial charge in [0.15, 0.2) is 0 Å². The second kappa shape index (κ2) is 3.41. The van der Waals surface area contributed by atoms with Gasteiger partial charge in [-0.1, -0.05) is 0 Å². The number of hydrogen-bond donors (Lipinski definition) is 1. The molecule has 1 saturated heterocycles. The van der Waals surface area contributed by atoms with E-state index in [-0.39, 0.29) is 12.0 Å². The standard InChI is InChI=1S/C7H12ClNO2/c1-5(8)7(11)9-3-2-6(10)4-9/h5-6,10H,2-4H2,1H3/t5-,6-/m1/s1. The fourth-order valence-electron chi connectivity index (χ4n) is 1.19. The maximum atomic E-state index is 11.2. The maximum absolute atomic E-state index is 11.2. The third kappa shape index (κ3) is 2.07. The predicted octanol–water partition coefficient (Wildman–Crippen LogP) is 0.207. The first-order chi connectivity index (χ1) is 5.11. The highest BCUT2D eigenvalue weighted by Gasteiger charge is 2.26. The van der Waals surface area contributed by atoms with Crippen molar-refractivity contribution < 1.29 is 9.90 Å². The van der Waals surface area contributed by atoms with E-state index in [4.69, 9.17) is 16.7 Å². The Hall–Kier alpha value is -0.280. The molecule has 0 bridgehead atoms. The number of alkyl halides is 1. The zero-order chi connectivity index (χ0) is 8.43. The van der Waals surface area contributed by atoms with Gasteiger partial charge in [0.05, 0.1) is 6.10 Å². The lowest BCUT2D eigenvalue weighted by molar-refractivity contribution is -0.129. The summed E-state index contributed by atoms with van der Waals surface area (Å²) in [5.74, 6) is -0.0804. The molecule has 1 rings (SSSR count). The van der Waals surface area contributed by atoms with E-state index >= 15 is 0 Å². The van der Waals surface area contributed by atoms with E-state index < -0.39 is 5.38 Å². The van der Waals surface area contributed by atoms with Gasteiger partial charge in [-0.2, -0.15) is 0 Å². The van der Waals surface area contributed by atoms with Crippen molar-refractivity contribution in [3.63, 3.8) is 0 Å². The second-order valence-corrected chi connectivity index (χ2v) is 3.50. The molecular formula is C7H12ClNO2. The molecule has 1 fully saturated rings. The first-order valence-electron chi connectivity index (χ1n) is 3.72. The summed E-state index contributed by atoms with van der Waals surface area (Å²) in [5, 5.41) is 8.62. The molecule has 64 valence electrons. The monoisotopic (exact) mass is 177 g/mol. The number of hydrogen-bond acceptors (Lipinski definition) is 2. The van der Waals surface area contributed by atoms with Gasteiger partial charge in [-0.25, -0.2) is 0 Å². The summed E-state index contributed by atoms with van der Waals surface area (Å²) < 4.78 is 0. The van der Waals surface area contributed by atoms with Gasteiger partial charge >= 0.3 is 0 Å². The smallest absolute Gasteiger partial charge is 0.240 e. The quantitative estimate of drug-likeness (QED) is 0.582. The minimum atomic E-state index is -0.472. The van der Waals surface area contributed by atoms with E-state index in [2.05, 4.69) is 0 Å². The number of likely N-dealkylation sites (tertiary alicyclic amines) is 1. The zero-order valence-electron chi connectivity index (χ0n) is 6.46. The van der Waals surface area contributed by atoms with E-state index in [0.717, 1.165) is 0 Å². The first-order valence-corrected chi connectivity index (χ1v) is 4.16. The Balaban J connectivity index is 2.43. The molecule has 0 aromatic rings. The highest BCUT2D eigenvalue weighted by Crippen LogP contribution is 2.11. The molecule has 0 aromatic heterocycles. The van der Waals surface area contributed by atoms with Gasteiger partial charge in [0.2, 0.25) is 5.91 Å². The third-order valence-electron chi connectivity index (χ3n) is 1.82. The molecular weight excluding hydrogens is 166 g/mol. The Bertz CT molecular complexity index is 161. The van der Waals surface area contributed by atoms with Crippen molar-refractivity contribution in [3.8, 4) is 0 Å². The average Bonchev–Trinajstić information content (AvgIpc) is 2.34. The second-order valence-electron chi connectivity index (χ2n) is 2.84. The van der Waals surface area contributed by atoms with Gasteiger partial charge in [-0.15, -0.1) is 11.6 Å². The molecule has 11 heavy (non-hydrogen) atoms. The highest BCUT2D eigenvalue weighted by atomic mass is 35.5. The lowest BCUT2D eigenvalue weighted by atomic mass is 10.3. The van der Waals surface area contributed by atoms with Crippen LogP contribution in [0.5, 0.6) is 0 Å². The number of amides is 1. The molecule has 1 aliphatic heterocycles. The molecule has 3 nitrogen and oxygen atoms in total. The summed E-state index contributed by atoms with van der Waals surface area (Å²) in [6.45, 7) is 2.72. The van der Waals surface area contributed by atoms with Crippen molar-refractivity contribution >= 4 is 17.5 Å². The van der Waals surface area contributed by atoms with Crippen LogP contribution in [0.3, 0.4) is 0 Å². The number of nitrogens with zero attached hydrogens (tertiary/aromatic N) is 1. The van der Waals surface area contributed by atoms with Crippen molar-refractivity contribution in [1.29, 1.82) is 0 Å². The number of aliphatic hydroxyl groups is 1. The van der Waals surface area contributed by atoms with Gasteiger partial charge in [-0.05, 0) is 13.3 Å². The molecule has 0 radical (unpaired) electrons. The van der Waals surface area contributed by atoms with Crippen molar-refractivity contribution in [1.82, 2.24) is 4.90 Å². The number of halogens is 1. The lowest BCUT2D eigenvalue weighted by Gasteiger charge is -2.16. The van der Waals surface area contributed by atoms with Crippen molar-refractivity contribution in [2.45, 2.75) is 24.8 Å². The van der Waals surface area contributed by atoms with Crippen LogP contribution in [0.4, 0.5) is 0 Å². The Morgan fingerprint density at radius 2 is 2.45 bits per heavy atom.